The van der Waals surface area contributed by atoms with Crippen LogP contribution in [-0.2, 0) is 9.59 Å². The largest absolute Gasteiger partial charge is 0.480 e. The van der Waals surface area contributed by atoms with Crippen molar-refractivity contribution in [2.24, 2.45) is 11.1 Å². The maximum absolute atomic E-state index is 12.3. The Hall–Kier alpha value is -1.88. The molecule has 1 rings (SSSR count). The number of carboxylic acids is 1. The average molecular weight is 264 g/mol. The Morgan fingerprint density at radius 2 is 1.84 bits per heavy atom. The predicted octanol–water partition coefficient (Wildman–Crippen LogP) is 1.26. The Morgan fingerprint density at radius 3 is 2.32 bits per heavy atom. The summed E-state index contributed by atoms with van der Waals surface area (Å²) in [5.41, 5.74) is 6.13. The monoisotopic (exact) mass is 264 g/mol. The normalized spacial score (nSPS) is 12.8. The van der Waals surface area contributed by atoms with Gasteiger partial charge in [0.15, 0.2) is 0 Å². The maximum Gasteiger partial charge on any atom is 0.323 e. The third-order valence-electron chi connectivity index (χ3n) is 3.21. The van der Waals surface area contributed by atoms with Gasteiger partial charge >= 0.3 is 5.97 Å². The lowest BCUT2D eigenvalue weighted by molar-refractivity contribution is -0.148. The zero-order chi connectivity index (χ0) is 14.6. The number of benzene rings is 1. The lowest BCUT2D eigenvalue weighted by atomic mass is 9.79. The van der Waals surface area contributed by atoms with Crippen molar-refractivity contribution in [2.45, 2.75) is 19.9 Å². The van der Waals surface area contributed by atoms with Gasteiger partial charge in [0.1, 0.15) is 6.54 Å². The van der Waals surface area contributed by atoms with Crippen LogP contribution < -0.4 is 5.73 Å². The standard InChI is InChI=1S/C14H20N2O3/c1-14(2,13(19)16(3)9-11(17)18)12(15)10-7-5-4-6-8-10/h4-8,12H,9,15H2,1-3H3,(H,17,18). The van der Waals surface area contributed by atoms with Crippen molar-refractivity contribution in [3.8, 4) is 0 Å². The van der Waals surface area contributed by atoms with Gasteiger partial charge in [0.2, 0.25) is 5.91 Å². The van der Waals surface area contributed by atoms with Crippen LogP contribution in [0.2, 0.25) is 0 Å². The number of rotatable bonds is 5. The second-order valence-electron chi connectivity index (χ2n) is 5.16. The van der Waals surface area contributed by atoms with Gasteiger partial charge in [0.05, 0.1) is 5.41 Å². The molecule has 1 amide bonds. The second kappa shape index (κ2) is 5.84. The minimum atomic E-state index is -1.04. The lowest BCUT2D eigenvalue weighted by Crippen LogP contribution is -2.46. The minimum Gasteiger partial charge on any atom is -0.480 e. The molecule has 0 aromatic heterocycles. The first-order valence-electron chi connectivity index (χ1n) is 6.04. The van der Waals surface area contributed by atoms with Crippen LogP contribution >= 0.6 is 0 Å². The highest BCUT2D eigenvalue weighted by atomic mass is 16.4. The number of hydrogen-bond acceptors (Lipinski definition) is 3. The average Bonchev–Trinajstić information content (AvgIpc) is 2.37. The summed E-state index contributed by atoms with van der Waals surface area (Å²) >= 11 is 0. The molecule has 0 saturated carbocycles. The molecule has 1 aromatic carbocycles. The first-order valence-corrected chi connectivity index (χ1v) is 6.04. The van der Waals surface area contributed by atoms with E-state index in [0.29, 0.717) is 0 Å². The number of amides is 1. The van der Waals surface area contributed by atoms with Gasteiger partial charge in [-0.05, 0) is 19.4 Å². The van der Waals surface area contributed by atoms with Crippen molar-refractivity contribution in [3.63, 3.8) is 0 Å². The van der Waals surface area contributed by atoms with E-state index >= 15 is 0 Å². The van der Waals surface area contributed by atoms with Crippen molar-refractivity contribution in [3.05, 3.63) is 35.9 Å². The molecule has 0 spiro atoms. The summed E-state index contributed by atoms with van der Waals surface area (Å²) in [4.78, 5) is 24.1. The van der Waals surface area contributed by atoms with Gasteiger partial charge in [-0.25, -0.2) is 0 Å². The molecule has 0 aliphatic heterocycles. The van der Waals surface area contributed by atoms with Gasteiger partial charge in [0.25, 0.3) is 0 Å². The van der Waals surface area contributed by atoms with Crippen LogP contribution in [-0.4, -0.2) is 35.5 Å². The van der Waals surface area contributed by atoms with Gasteiger partial charge in [0, 0.05) is 13.1 Å². The van der Waals surface area contributed by atoms with Crippen molar-refractivity contribution in [2.75, 3.05) is 13.6 Å². The third-order valence-corrected chi connectivity index (χ3v) is 3.21. The molecule has 5 heteroatoms. The molecule has 1 aromatic rings. The number of nitrogens with zero attached hydrogens (tertiary/aromatic N) is 1. The summed E-state index contributed by atoms with van der Waals surface area (Å²) in [7, 11) is 1.47. The summed E-state index contributed by atoms with van der Waals surface area (Å²) < 4.78 is 0. The summed E-state index contributed by atoms with van der Waals surface area (Å²) in [5, 5.41) is 8.73. The molecular formula is C14H20N2O3. The quantitative estimate of drug-likeness (QED) is 0.838. The second-order valence-corrected chi connectivity index (χ2v) is 5.16. The zero-order valence-electron chi connectivity index (χ0n) is 11.5. The Kier molecular flexibility index (Phi) is 4.67. The molecule has 0 heterocycles. The molecule has 1 atom stereocenters. The van der Waals surface area contributed by atoms with E-state index in [1.807, 2.05) is 30.3 Å². The third kappa shape index (κ3) is 3.54. The molecule has 0 radical (unpaired) electrons. The number of carboxylic acid groups (broad SMARTS) is 1. The highest BCUT2D eigenvalue weighted by Crippen LogP contribution is 2.32. The van der Waals surface area contributed by atoms with Crippen LogP contribution in [0.25, 0.3) is 0 Å². The van der Waals surface area contributed by atoms with Crippen LogP contribution in [0.3, 0.4) is 0 Å². The minimum absolute atomic E-state index is 0.286. The molecule has 0 saturated heterocycles. The number of hydrogen-bond donors (Lipinski definition) is 2. The van der Waals surface area contributed by atoms with Crippen LogP contribution in [0.1, 0.15) is 25.5 Å². The molecule has 0 aliphatic carbocycles. The molecule has 0 fully saturated rings. The fraction of sp³-hybridized carbons (Fsp3) is 0.429. The van der Waals surface area contributed by atoms with E-state index in [1.54, 1.807) is 13.8 Å². The molecular weight excluding hydrogens is 244 g/mol. The fourth-order valence-electron chi connectivity index (χ4n) is 1.98. The van der Waals surface area contributed by atoms with E-state index < -0.39 is 17.4 Å². The first-order chi connectivity index (χ1) is 8.76. The van der Waals surface area contributed by atoms with Crippen molar-refractivity contribution in [1.82, 2.24) is 4.90 Å². The maximum atomic E-state index is 12.3. The Balaban J connectivity index is 2.90. The number of nitrogens with two attached hydrogens (primary N) is 1. The van der Waals surface area contributed by atoms with E-state index in [2.05, 4.69) is 0 Å². The van der Waals surface area contributed by atoms with Crippen LogP contribution in [0.15, 0.2) is 30.3 Å². The van der Waals surface area contributed by atoms with E-state index in [-0.39, 0.29) is 12.5 Å². The highest BCUT2D eigenvalue weighted by molar-refractivity contribution is 5.86. The van der Waals surface area contributed by atoms with Crippen LogP contribution in [0.4, 0.5) is 0 Å². The number of carbonyl (C=O) groups is 2. The Morgan fingerprint density at radius 1 is 1.32 bits per heavy atom. The summed E-state index contributed by atoms with van der Waals surface area (Å²) in [5.74, 6) is -1.33. The smallest absolute Gasteiger partial charge is 0.323 e. The fourth-order valence-corrected chi connectivity index (χ4v) is 1.98. The summed E-state index contributed by atoms with van der Waals surface area (Å²) in [6.45, 7) is 3.13. The van der Waals surface area contributed by atoms with Gasteiger partial charge in [-0.3, -0.25) is 9.59 Å². The van der Waals surface area contributed by atoms with Gasteiger partial charge in [-0.1, -0.05) is 30.3 Å². The van der Waals surface area contributed by atoms with E-state index in [0.717, 1.165) is 5.56 Å². The Labute approximate surface area is 113 Å². The van der Waals surface area contributed by atoms with E-state index in [1.165, 1.54) is 11.9 Å². The summed E-state index contributed by atoms with van der Waals surface area (Å²) in [6, 6.07) is 8.82. The van der Waals surface area contributed by atoms with Crippen molar-refractivity contribution < 1.29 is 14.7 Å². The lowest BCUT2D eigenvalue weighted by Gasteiger charge is -2.33. The van der Waals surface area contributed by atoms with Gasteiger partial charge in [-0.2, -0.15) is 0 Å². The zero-order valence-corrected chi connectivity index (χ0v) is 11.5. The van der Waals surface area contributed by atoms with Crippen molar-refractivity contribution in [1.29, 1.82) is 0 Å². The molecule has 19 heavy (non-hydrogen) atoms. The first kappa shape index (κ1) is 15.2. The number of carbonyl (C=O) groups excluding carboxylic acids is 1. The summed E-state index contributed by atoms with van der Waals surface area (Å²) in [6.07, 6.45) is 0. The van der Waals surface area contributed by atoms with Gasteiger partial charge in [-0.15, -0.1) is 0 Å². The van der Waals surface area contributed by atoms with E-state index in [9.17, 15) is 9.59 Å². The molecule has 0 bridgehead atoms. The predicted molar refractivity (Wildman–Crippen MR) is 72.4 cm³/mol. The number of likely N-dealkylation sites (N-methyl/N-ethyl adjacent to an activating group) is 1. The van der Waals surface area contributed by atoms with Crippen molar-refractivity contribution >= 4 is 11.9 Å². The van der Waals surface area contributed by atoms with Gasteiger partial charge < -0.3 is 15.7 Å². The molecule has 1 unspecified atom stereocenters. The SMILES string of the molecule is CN(CC(=O)O)C(=O)C(C)(C)C(N)c1ccccc1. The van der Waals surface area contributed by atoms with Crippen LogP contribution in [0.5, 0.6) is 0 Å². The highest BCUT2D eigenvalue weighted by Gasteiger charge is 2.37. The Bertz CT molecular complexity index is 457. The van der Waals surface area contributed by atoms with E-state index in [4.69, 9.17) is 10.8 Å². The molecule has 5 nitrogen and oxygen atoms in total. The topological polar surface area (TPSA) is 83.6 Å². The number of aliphatic carboxylic acids is 1. The molecule has 3 N–H and O–H groups in total. The van der Waals surface area contributed by atoms with Crippen LogP contribution in [0, 0.1) is 5.41 Å². The molecule has 0 aliphatic rings. The molecule has 104 valence electrons.